The quantitative estimate of drug-likeness (QED) is 0.649. The number of hydrogen-bond donors (Lipinski definition) is 0. The highest BCUT2D eigenvalue weighted by molar-refractivity contribution is 5.76. The molecule has 27 heavy (non-hydrogen) atoms. The first-order valence-electron chi connectivity index (χ1n) is 10.5. The van der Waals surface area contributed by atoms with Gasteiger partial charge in [0.1, 0.15) is 0 Å². The summed E-state index contributed by atoms with van der Waals surface area (Å²) >= 11 is 0. The lowest BCUT2D eigenvalue weighted by molar-refractivity contribution is -0.138. The number of piperidine rings is 1. The van der Waals surface area contributed by atoms with Gasteiger partial charge in [-0.05, 0) is 56.1 Å². The van der Waals surface area contributed by atoms with Gasteiger partial charge in [0.05, 0.1) is 17.9 Å². The van der Waals surface area contributed by atoms with Crippen LogP contribution < -0.4 is 0 Å². The predicted octanol–water partition coefficient (Wildman–Crippen LogP) is 3.82. The SMILES string of the molecule is CC(C)CCC(=O)N1CCC2(CC1)OCCC2CCOCc1ccccn1. The molecule has 1 atom stereocenters. The summed E-state index contributed by atoms with van der Waals surface area (Å²) < 4.78 is 12.1. The minimum absolute atomic E-state index is 0.0385. The highest BCUT2D eigenvalue weighted by Crippen LogP contribution is 2.42. The van der Waals surface area contributed by atoms with Crippen molar-refractivity contribution in [1.82, 2.24) is 9.88 Å². The molecular formula is C22H34N2O3. The molecule has 0 aliphatic carbocycles. The molecule has 3 heterocycles. The first kappa shape index (κ1) is 20.3. The summed E-state index contributed by atoms with van der Waals surface area (Å²) in [4.78, 5) is 18.7. The van der Waals surface area contributed by atoms with Gasteiger partial charge in [-0.1, -0.05) is 19.9 Å². The largest absolute Gasteiger partial charge is 0.375 e. The van der Waals surface area contributed by atoms with E-state index in [1.807, 2.05) is 23.1 Å². The van der Waals surface area contributed by atoms with Crippen molar-refractivity contribution in [3.8, 4) is 0 Å². The van der Waals surface area contributed by atoms with E-state index in [1.54, 1.807) is 6.20 Å². The second-order valence-electron chi connectivity index (χ2n) is 8.37. The van der Waals surface area contributed by atoms with Gasteiger partial charge in [-0.3, -0.25) is 9.78 Å². The Morgan fingerprint density at radius 1 is 1.37 bits per heavy atom. The molecule has 2 fully saturated rings. The van der Waals surface area contributed by atoms with Crippen LogP contribution in [0.5, 0.6) is 0 Å². The van der Waals surface area contributed by atoms with Crippen LogP contribution in [0.3, 0.4) is 0 Å². The fraction of sp³-hybridized carbons (Fsp3) is 0.727. The van der Waals surface area contributed by atoms with Crippen LogP contribution in [0.15, 0.2) is 24.4 Å². The molecule has 0 N–H and O–H groups in total. The number of nitrogens with zero attached hydrogens (tertiary/aromatic N) is 2. The maximum absolute atomic E-state index is 12.4. The summed E-state index contributed by atoms with van der Waals surface area (Å²) in [5.74, 6) is 1.43. The summed E-state index contributed by atoms with van der Waals surface area (Å²) in [5.41, 5.74) is 0.937. The molecule has 1 aromatic heterocycles. The van der Waals surface area contributed by atoms with Gasteiger partial charge in [0, 0.05) is 38.9 Å². The van der Waals surface area contributed by atoms with E-state index < -0.39 is 0 Å². The fourth-order valence-corrected chi connectivity index (χ4v) is 4.34. The van der Waals surface area contributed by atoms with Crippen molar-refractivity contribution < 1.29 is 14.3 Å². The number of carbonyl (C=O) groups is 1. The van der Waals surface area contributed by atoms with Crippen LogP contribution >= 0.6 is 0 Å². The van der Waals surface area contributed by atoms with Gasteiger partial charge >= 0.3 is 0 Å². The number of pyridine rings is 1. The number of hydrogen-bond acceptors (Lipinski definition) is 4. The minimum Gasteiger partial charge on any atom is -0.375 e. The third-order valence-corrected chi connectivity index (χ3v) is 6.08. The summed E-state index contributed by atoms with van der Waals surface area (Å²) in [6.07, 6.45) is 7.51. The Morgan fingerprint density at radius 3 is 2.89 bits per heavy atom. The summed E-state index contributed by atoms with van der Waals surface area (Å²) in [5, 5.41) is 0. The van der Waals surface area contributed by atoms with Crippen molar-refractivity contribution in [3.05, 3.63) is 30.1 Å². The smallest absolute Gasteiger partial charge is 0.222 e. The van der Waals surface area contributed by atoms with Gasteiger partial charge < -0.3 is 14.4 Å². The van der Waals surface area contributed by atoms with Crippen molar-refractivity contribution in [3.63, 3.8) is 0 Å². The normalized spacial score (nSPS) is 21.9. The van der Waals surface area contributed by atoms with Gasteiger partial charge in [0.15, 0.2) is 0 Å². The summed E-state index contributed by atoms with van der Waals surface area (Å²) in [6.45, 7) is 8.16. The molecule has 5 heteroatoms. The molecule has 0 bridgehead atoms. The number of amides is 1. The Morgan fingerprint density at radius 2 is 2.19 bits per heavy atom. The predicted molar refractivity (Wildman–Crippen MR) is 105 cm³/mol. The monoisotopic (exact) mass is 374 g/mol. The van der Waals surface area contributed by atoms with E-state index in [9.17, 15) is 4.79 Å². The second-order valence-corrected chi connectivity index (χ2v) is 8.37. The summed E-state index contributed by atoms with van der Waals surface area (Å²) in [6, 6.07) is 5.90. The minimum atomic E-state index is -0.0385. The molecule has 0 radical (unpaired) electrons. The molecule has 3 rings (SSSR count). The average Bonchev–Trinajstić information content (AvgIpc) is 3.06. The molecule has 0 saturated carbocycles. The number of rotatable bonds is 8. The summed E-state index contributed by atoms with van der Waals surface area (Å²) in [7, 11) is 0. The lowest BCUT2D eigenvalue weighted by atomic mass is 9.78. The van der Waals surface area contributed by atoms with Crippen molar-refractivity contribution in [2.75, 3.05) is 26.3 Å². The van der Waals surface area contributed by atoms with Crippen LogP contribution in [0, 0.1) is 11.8 Å². The Kier molecular flexibility index (Phi) is 7.25. The maximum Gasteiger partial charge on any atom is 0.222 e. The number of aromatic nitrogens is 1. The van der Waals surface area contributed by atoms with Crippen molar-refractivity contribution in [2.24, 2.45) is 11.8 Å². The Hall–Kier alpha value is -1.46. The third-order valence-electron chi connectivity index (χ3n) is 6.08. The van der Waals surface area contributed by atoms with E-state index in [0.717, 1.165) is 64.1 Å². The van der Waals surface area contributed by atoms with Gasteiger partial charge in [-0.25, -0.2) is 0 Å². The van der Waals surface area contributed by atoms with Gasteiger partial charge in [-0.2, -0.15) is 0 Å². The zero-order valence-electron chi connectivity index (χ0n) is 16.9. The zero-order chi connectivity index (χ0) is 19.1. The van der Waals surface area contributed by atoms with Crippen LogP contribution in [0.2, 0.25) is 0 Å². The molecule has 1 amide bonds. The van der Waals surface area contributed by atoms with E-state index in [0.29, 0.717) is 30.8 Å². The van der Waals surface area contributed by atoms with Crippen molar-refractivity contribution in [2.45, 2.75) is 64.6 Å². The van der Waals surface area contributed by atoms with Crippen molar-refractivity contribution in [1.29, 1.82) is 0 Å². The van der Waals surface area contributed by atoms with Crippen LogP contribution in [-0.4, -0.2) is 47.7 Å². The van der Waals surface area contributed by atoms with E-state index in [-0.39, 0.29) is 5.60 Å². The van der Waals surface area contributed by atoms with E-state index in [2.05, 4.69) is 18.8 Å². The molecule has 0 aromatic carbocycles. The molecule has 1 spiro atoms. The molecule has 5 nitrogen and oxygen atoms in total. The van der Waals surface area contributed by atoms with E-state index in [1.165, 1.54) is 0 Å². The van der Waals surface area contributed by atoms with E-state index in [4.69, 9.17) is 9.47 Å². The topological polar surface area (TPSA) is 51.7 Å². The second kappa shape index (κ2) is 9.65. The van der Waals surface area contributed by atoms with Gasteiger partial charge in [0.25, 0.3) is 0 Å². The Balaban J connectivity index is 1.42. The van der Waals surface area contributed by atoms with Gasteiger partial charge in [0.2, 0.25) is 5.91 Å². The van der Waals surface area contributed by atoms with Gasteiger partial charge in [-0.15, -0.1) is 0 Å². The Labute approximate surface area is 163 Å². The molecule has 150 valence electrons. The van der Waals surface area contributed by atoms with Crippen molar-refractivity contribution >= 4 is 5.91 Å². The average molecular weight is 375 g/mol. The molecule has 2 aliphatic rings. The molecule has 1 aromatic rings. The highest BCUT2D eigenvalue weighted by Gasteiger charge is 2.46. The molecule has 2 aliphatic heterocycles. The first-order valence-corrected chi connectivity index (χ1v) is 10.5. The number of carbonyl (C=O) groups excluding carboxylic acids is 1. The molecule has 1 unspecified atom stereocenters. The lowest BCUT2D eigenvalue weighted by Gasteiger charge is -2.42. The highest BCUT2D eigenvalue weighted by atomic mass is 16.5. The molecular weight excluding hydrogens is 340 g/mol. The first-order chi connectivity index (χ1) is 13.1. The van der Waals surface area contributed by atoms with Crippen LogP contribution in [-0.2, 0) is 20.9 Å². The van der Waals surface area contributed by atoms with Crippen LogP contribution in [0.1, 0.15) is 58.1 Å². The standard InChI is InChI=1S/C22H34N2O3/c1-18(2)6-7-21(25)24-13-10-22(11-14-24)19(9-16-27-22)8-15-26-17-20-5-3-4-12-23-20/h3-5,12,18-19H,6-11,13-17H2,1-2H3. The lowest BCUT2D eigenvalue weighted by Crippen LogP contribution is -2.49. The number of likely N-dealkylation sites (tertiary alicyclic amines) is 1. The Bertz CT molecular complexity index is 582. The maximum atomic E-state index is 12.4. The van der Waals surface area contributed by atoms with Crippen LogP contribution in [0.4, 0.5) is 0 Å². The molecule has 2 saturated heterocycles. The van der Waals surface area contributed by atoms with Crippen LogP contribution in [0.25, 0.3) is 0 Å². The third kappa shape index (κ3) is 5.52. The fourth-order valence-electron chi connectivity index (χ4n) is 4.34. The van der Waals surface area contributed by atoms with E-state index >= 15 is 0 Å². The number of ether oxygens (including phenoxy) is 2. The zero-order valence-corrected chi connectivity index (χ0v) is 16.9.